The van der Waals surface area contributed by atoms with Crippen LogP contribution in [-0.4, -0.2) is 67.3 Å². The number of nitrogens with one attached hydrogen (secondary N) is 2. The summed E-state index contributed by atoms with van der Waals surface area (Å²) in [4.78, 5) is 39.2. The van der Waals surface area contributed by atoms with Gasteiger partial charge in [-0.05, 0) is 56.1 Å². The van der Waals surface area contributed by atoms with E-state index in [1.165, 1.54) is 0 Å². The van der Waals surface area contributed by atoms with E-state index >= 15 is 0 Å². The van der Waals surface area contributed by atoms with Crippen LogP contribution in [0.3, 0.4) is 0 Å². The molecule has 8 heteroatoms. The highest BCUT2D eigenvalue weighted by atomic mass is 16.5. The van der Waals surface area contributed by atoms with E-state index in [9.17, 15) is 19.5 Å². The van der Waals surface area contributed by atoms with Gasteiger partial charge in [0.15, 0.2) is 0 Å². The molecule has 3 atom stereocenters. The lowest BCUT2D eigenvalue weighted by molar-refractivity contribution is -0.144. The van der Waals surface area contributed by atoms with Gasteiger partial charge in [0.2, 0.25) is 5.91 Å². The zero-order valence-corrected chi connectivity index (χ0v) is 20.4. The molecule has 186 valence electrons. The van der Waals surface area contributed by atoms with E-state index in [1.54, 1.807) is 25.9 Å². The maximum atomic E-state index is 13.1. The molecule has 0 aromatic heterocycles. The van der Waals surface area contributed by atoms with E-state index in [4.69, 9.17) is 4.74 Å². The van der Waals surface area contributed by atoms with Gasteiger partial charge in [-0.2, -0.15) is 0 Å². The molecular weight excluding hydrogens is 446 g/mol. The predicted molar refractivity (Wildman–Crippen MR) is 132 cm³/mol. The Bertz CT molecular complexity index is 1070. The zero-order valence-electron chi connectivity index (χ0n) is 20.4. The van der Waals surface area contributed by atoms with Crippen molar-refractivity contribution >= 4 is 18.0 Å². The molecule has 0 spiro atoms. The summed E-state index contributed by atoms with van der Waals surface area (Å²) in [6.07, 6.45) is 1.37. The minimum absolute atomic E-state index is 0.0474. The minimum Gasteiger partial charge on any atom is -0.480 e. The molecule has 2 aliphatic carbocycles. The normalized spacial score (nSPS) is 21.8. The number of hydrogen-bond donors (Lipinski definition) is 3. The Morgan fingerprint density at radius 3 is 2.26 bits per heavy atom. The number of fused-ring (bicyclic) bond motifs is 3. The lowest BCUT2D eigenvalue weighted by atomic mass is 9.83. The molecule has 8 nitrogen and oxygen atoms in total. The van der Waals surface area contributed by atoms with E-state index in [0.29, 0.717) is 12.8 Å². The molecular formula is C27H33N3O5. The van der Waals surface area contributed by atoms with Crippen molar-refractivity contribution in [2.75, 3.05) is 27.2 Å². The molecule has 0 radical (unpaired) electrons. The summed E-state index contributed by atoms with van der Waals surface area (Å²) in [6.45, 7) is 2.15. The monoisotopic (exact) mass is 479 g/mol. The number of amides is 2. The maximum Gasteiger partial charge on any atom is 0.407 e. The topological polar surface area (TPSA) is 108 Å². The van der Waals surface area contributed by atoms with Gasteiger partial charge in [0.25, 0.3) is 0 Å². The van der Waals surface area contributed by atoms with Gasteiger partial charge in [0.1, 0.15) is 12.6 Å². The Balaban J connectivity index is 1.40. The van der Waals surface area contributed by atoms with Crippen LogP contribution in [-0.2, 0) is 14.3 Å². The molecule has 0 aliphatic heterocycles. The first-order valence-corrected chi connectivity index (χ1v) is 12.0. The average Bonchev–Trinajstić information content (AvgIpc) is 3.35. The van der Waals surface area contributed by atoms with Crippen molar-refractivity contribution in [1.29, 1.82) is 0 Å². The highest BCUT2D eigenvalue weighted by Gasteiger charge is 2.47. The van der Waals surface area contributed by atoms with Gasteiger partial charge in [0.05, 0.1) is 5.41 Å². The van der Waals surface area contributed by atoms with Gasteiger partial charge in [-0.25, -0.2) is 9.59 Å². The Hall–Kier alpha value is -3.39. The molecule has 2 aliphatic rings. The van der Waals surface area contributed by atoms with Crippen molar-refractivity contribution in [3.63, 3.8) is 0 Å². The molecule has 0 bridgehead atoms. The fourth-order valence-electron chi connectivity index (χ4n) is 5.33. The van der Waals surface area contributed by atoms with Crippen LogP contribution >= 0.6 is 0 Å². The smallest absolute Gasteiger partial charge is 0.407 e. The number of likely N-dealkylation sites (N-methyl/N-ethyl adjacent to an activating group) is 1. The first-order valence-electron chi connectivity index (χ1n) is 12.0. The molecule has 3 unspecified atom stereocenters. The van der Waals surface area contributed by atoms with Crippen LogP contribution in [0.1, 0.15) is 43.2 Å². The van der Waals surface area contributed by atoms with E-state index in [0.717, 1.165) is 28.7 Å². The molecule has 2 aromatic rings. The number of nitrogens with zero attached hydrogens (tertiary/aromatic N) is 1. The number of hydrogen-bond acceptors (Lipinski definition) is 5. The van der Waals surface area contributed by atoms with Crippen molar-refractivity contribution < 1.29 is 24.2 Å². The van der Waals surface area contributed by atoms with Crippen LogP contribution in [0.2, 0.25) is 0 Å². The molecule has 0 saturated heterocycles. The van der Waals surface area contributed by atoms with Crippen LogP contribution in [0.25, 0.3) is 11.1 Å². The Morgan fingerprint density at radius 2 is 1.69 bits per heavy atom. The number of rotatable bonds is 8. The second-order valence-electron chi connectivity index (χ2n) is 9.96. The average molecular weight is 480 g/mol. The number of benzene rings is 2. The second-order valence-corrected chi connectivity index (χ2v) is 9.96. The van der Waals surface area contributed by atoms with Crippen LogP contribution in [0.4, 0.5) is 4.79 Å². The van der Waals surface area contributed by atoms with Crippen molar-refractivity contribution in [3.05, 3.63) is 59.7 Å². The standard InChI is InChI=1S/C27H33N3O5/c1-27(25(33)28-22(24(31)32)15-30(2)3)14-8-13-23(27)29-26(34)35-16-21-19-11-6-4-9-17(19)18-10-5-7-12-20(18)21/h4-7,9-12,21-23H,8,13-16H2,1-3H3,(H,28,33)(H,29,34)(H,31,32). The van der Waals surface area contributed by atoms with E-state index < -0.39 is 29.6 Å². The number of carbonyl (C=O) groups is 3. The first kappa shape index (κ1) is 24.7. The third kappa shape index (κ3) is 5.03. The number of carboxylic acid groups (broad SMARTS) is 1. The third-order valence-corrected chi connectivity index (χ3v) is 7.26. The number of carbonyl (C=O) groups excluding carboxylic acids is 2. The van der Waals surface area contributed by atoms with Gasteiger partial charge < -0.3 is 25.4 Å². The maximum absolute atomic E-state index is 13.1. The molecule has 4 rings (SSSR count). The largest absolute Gasteiger partial charge is 0.480 e. The van der Waals surface area contributed by atoms with Crippen LogP contribution in [0, 0.1) is 5.41 Å². The Morgan fingerprint density at radius 1 is 1.09 bits per heavy atom. The number of alkyl carbamates (subject to hydrolysis) is 1. The van der Waals surface area contributed by atoms with Crippen molar-refractivity contribution in [2.24, 2.45) is 5.41 Å². The highest BCUT2D eigenvalue weighted by molar-refractivity contribution is 5.88. The molecule has 2 aromatic carbocycles. The molecule has 1 saturated carbocycles. The fourth-order valence-corrected chi connectivity index (χ4v) is 5.33. The summed E-state index contributed by atoms with van der Waals surface area (Å²) in [5, 5.41) is 15.0. The lowest BCUT2D eigenvalue weighted by Crippen LogP contribution is -2.56. The molecule has 2 amide bonds. The molecule has 0 heterocycles. The molecule has 1 fully saturated rings. The summed E-state index contributed by atoms with van der Waals surface area (Å²) < 4.78 is 5.66. The Kier molecular flexibility index (Phi) is 7.12. The lowest BCUT2D eigenvalue weighted by Gasteiger charge is -2.32. The molecule has 3 N–H and O–H groups in total. The summed E-state index contributed by atoms with van der Waals surface area (Å²) in [6, 6.07) is 14.8. The zero-order chi connectivity index (χ0) is 25.2. The summed E-state index contributed by atoms with van der Waals surface area (Å²) in [5.74, 6) is -1.50. The van der Waals surface area contributed by atoms with Gasteiger partial charge in [-0.15, -0.1) is 0 Å². The van der Waals surface area contributed by atoms with E-state index in [1.807, 2.05) is 24.3 Å². The van der Waals surface area contributed by atoms with Crippen molar-refractivity contribution in [1.82, 2.24) is 15.5 Å². The first-order chi connectivity index (χ1) is 16.7. The number of carboxylic acids is 1. The SMILES string of the molecule is CN(C)CC(NC(=O)C1(C)CCCC1NC(=O)OCC1c2ccccc2-c2ccccc21)C(=O)O. The number of ether oxygens (including phenoxy) is 1. The highest BCUT2D eigenvalue weighted by Crippen LogP contribution is 2.44. The van der Waals surface area contributed by atoms with Crippen LogP contribution in [0.5, 0.6) is 0 Å². The van der Waals surface area contributed by atoms with Gasteiger partial charge in [-0.3, -0.25) is 4.79 Å². The van der Waals surface area contributed by atoms with Gasteiger partial charge in [0, 0.05) is 18.5 Å². The van der Waals surface area contributed by atoms with E-state index in [-0.39, 0.29) is 25.0 Å². The Labute approximate surface area is 205 Å². The van der Waals surface area contributed by atoms with E-state index in [2.05, 4.69) is 34.9 Å². The summed E-state index contributed by atoms with van der Waals surface area (Å²) in [5.41, 5.74) is 3.66. The molecule has 35 heavy (non-hydrogen) atoms. The predicted octanol–water partition coefficient (Wildman–Crippen LogP) is 3.21. The van der Waals surface area contributed by atoms with Gasteiger partial charge >= 0.3 is 12.1 Å². The van der Waals surface area contributed by atoms with Crippen molar-refractivity contribution in [3.8, 4) is 11.1 Å². The second kappa shape index (κ2) is 10.1. The number of aliphatic carboxylic acids is 1. The minimum atomic E-state index is -1.09. The van der Waals surface area contributed by atoms with Crippen molar-refractivity contribution in [2.45, 2.75) is 44.2 Å². The third-order valence-electron chi connectivity index (χ3n) is 7.26. The van der Waals surface area contributed by atoms with Crippen LogP contribution < -0.4 is 10.6 Å². The summed E-state index contributed by atoms with van der Waals surface area (Å²) >= 11 is 0. The van der Waals surface area contributed by atoms with Gasteiger partial charge in [-0.1, -0.05) is 55.0 Å². The van der Waals surface area contributed by atoms with Crippen LogP contribution in [0.15, 0.2) is 48.5 Å². The quantitative estimate of drug-likeness (QED) is 0.537. The fraction of sp³-hybridized carbons (Fsp3) is 0.444. The summed E-state index contributed by atoms with van der Waals surface area (Å²) in [7, 11) is 3.50.